The van der Waals surface area contributed by atoms with Gasteiger partial charge in [-0.1, -0.05) is 0 Å². The SMILES string of the molecule is O=P(O)(O)OC[C@H]1O[C@@H](O)[C@H](O)[C@H](O)[C@H]1O. The highest BCUT2D eigenvalue weighted by Gasteiger charge is 2.43. The van der Waals surface area contributed by atoms with Crippen molar-refractivity contribution < 1.29 is 44.0 Å². The van der Waals surface area contributed by atoms with Crippen LogP contribution in [0.5, 0.6) is 0 Å². The molecule has 6 N–H and O–H groups in total. The van der Waals surface area contributed by atoms with E-state index in [1.165, 1.54) is 0 Å². The van der Waals surface area contributed by atoms with Crippen LogP contribution in [0.3, 0.4) is 0 Å². The van der Waals surface area contributed by atoms with Crippen LogP contribution in [0.15, 0.2) is 0 Å². The Labute approximate surface area is 90.1 Å². The molecule has 5 atom stereocenters. The molecule has 0 aliphatic carbocycles. The molecule has 0 amide bonds. The molecule has 96 valence electrons. The second kappa shape index (κ2) is 5.05. The van der Waals surface area contributed by atoms with Gasteiger partial charge in [-0.05, 0) is 0 Å². The zero-order valence-corrected chi connectivity index (χ0v) is 8.84. The normalized spacial score (nSPS) is 41.0. The van der Waals surface area contributed by atoms with Gasteiger partial charge in [-0.25, -0.2) is 4.57 Å². The molecule has 0 saturated carbocycles. The van der Waals surface area contributed by atoms with Crippen LogP contribution in [0.4, 0.5) is 0 Å². The van der Waals surface area contributed by atoms with Crippen molar-refractivity contribution in [3.8, 4) is 0 Å². The number of aliphatic hydroxyl groups excluding tert-OH is 4. The highest BCUT2D eigenvalue weighted by molar-refractivity contribution is 7.46. The molecule has 9 nitrogen and oxygen atoms in total. The molecule has 0 aromatic carbocycles. The Hall–Kier alpha value is -0.0900. The molecule has 0 unspecified atom stereocenters. The Kier molecular flexibility index (Phi) is 4.41. The summed E-state index contributed by atoms with van der Waals surface area (Å²) in [4.78, 5) is 16.8. The third-order valence-corrected chi connectivity index (χ3v) is 2.58. The minimum atomic E-state index is -4.73. The summed E-state index contributed by atoms with van der Waals surface area (Å²) < 4.78 is 19.0. The number of phosphoric acid groups is 1. The van der Waals surface area contributed by atoms with Crippen LogP contribution >= 0.6 is 7.82 Å². The van der Waals surface area contributed by atoms with Crippen molar-refractivity contribution in [3.05, 3.63) is 0 Å². The molecule has 1 rings (SSSR count). The first-order valence-electron chi connectivity index (χ1n) is 4.30. The first-order valence-corrected chi connectivity index (χ1v) is 5.83. The summed E-state index contributed by atoms with van der Waals surface area (Å²) in [5, 5.41) is 36.7. The molecule has 1 aliphatic heterocycles. The molecule has 16 heavy (non-hydrogen) atoms. The van der Waals surface area contributed by atoms with Crippen LogP contribution < -0.4 is 0 Å². The van der Waals surface area contributed by atoms with Crippen molar-refractivity contribution in [1.82, 2.24) is 0 Å². The van der Waals surface area contributed by atoms with E-state index < -0.39 is 45.1 Å². The van der Waals surface area contributed by atoms with Crippen molar-refractivity contribution >= 4 is 7.82 Å². The number of aliphatic hydroxyl groups is 4. The first kappa shape index (κ1) is 14.0. The summed E-state index contributed by atoms with van der Waals surface area (Å²) in [5.74, 6) is 0. The second-order valence-electron chi connectivity index (χ2n) is 3.32. The minimum Gasteiger partial charge on any atom is -0.387 e. The molecule has 0 radical (unpaired) electrons. The van der Waals surface area contributed by atoms with E-state index in [1.807, 2.05) is 0 Å². The van der Waals surface area contributed by atoms with E-state index in [4.69, 9.17) is 20.0 Å². The lowest BCUT2D eigenvalue weighted by molar-refractivity contribution is -0.285. The smallest absolute Gasteiger partial charge is 0.387 e. The van der Waals surface area contributed by atoms with E-state index >= 15 is 0 Å². The predicted molar refractivity (Wildman–Crippen MR) is 46.9 cm³/mol. The topological polar surface area (TPSA) is 157 Å². The number of ether oxygens (including phenoxy) is 1. The maximum Gasteiger partial charge on any atom is 0.469 e. The van der Waals surface area contributed by atoms with E-state index in [0.717, 1.165) is 0 Å². The monoisotopic (exact) mass is 260 g/mol. The van der Waals surface area contributed by atoms with Gasteiger partial charge in [0.1, 0.15) is 24.4 Å². The number of hydrogen-bond donors (Lipinski definition) is 6. The minimum absolute atomic E-state index is 0.730. The fourth-order valence-corrected chi connectivity index (χ4v) is 1.58. The molecular weight excluding hydrogens is 247 g/mol. The second-order valence-corrected chi connectivity index (χ2v) is 4.56. The average Bonchev–Trinajstić information content (AvgIpc) is 2.17. The number of rotatable bonds is 3. The molecule has 0 bridgehead atoms. The van der Waals surface area contributed by atoms with Gasteiger partial charge in [0.2, 0.25) is 0 Å². The van der Waals surface area contributed by atoms with Crippen molar-refractivity contribution in [2.24, 2.45) is 0 Å². The van der Waals surface area contributed by atoms with E-state index in [9.17, 15) is 14.8 Å². The van der Waals surface area contributed by atoms with Crippen LogP contribution in [0, 0.1) is 0 Å². The average molecular weight is 260 g/mol. The Bertz CT molecular complexity index is 277. The molecule has 1 heterocycles. The molecule has 0 aromatic heterocycles. The first-order chi connectivity index (χ1) is 7.22. The number of phosphoric ester groups is 1. The Morgan fingerprint density at radius 2 is 1.62 bits per heavy atom. The van der Waals surface area contributed by atoms with E-state index in [0.29, 0.717) is 0 Å². The van der Waals surface area contributed by atoms with Gasteiger partial charge in [-0.3, -0.25) is 4.52 Å². The summed E-state index contributed by atoms with van der Waals surface area (Å²) in [7, 11) is -4.73. The predicted octanol–water partition coefficient (Wildman–Crippen LogP) is -3.10. The maximum atomic E-state index is 10.4. The van der Waals surface area contributed by atoms with Crippen LogP contribution in [-0.4, -0.2) is 67.5 Å². The van der Waals surface area contributed by atoms with Crippen LogP contribution in [0.2, 0.25) is 0 Å². The van der Waals surface area contributed by atoms with Gasteiger partial charge in [-0.2, -0.15) is 0 Å². The third kappa shape index (κ3) is 3.45. The summed E-state index contributed by atoms with van der Waals surface area (Å²) in [6.45, 7) is -0.730. The third-order valence-electron chi connectivity index (χ3n) is 2.09. The van der Waals surface area contributed by atoms with Crippen molar-refractivity contribution in [2.45, 2.75) is 30.7 Å². The maximum absolute atomic E-state index is 10.4. The lowest BCUT2D eigenvalue weighted by Gasteiger charge is -2.38. The molecular formula is C6H13O9P. The van der Waals surface area contributed by atoms with Crippen LogP contribution in [0.25, 0.3) is 0 Å². The van der Waals surface area contributed by atoms with Gasteiger partial charge >= 0.3 is 7.82 Å². The Morgan fingerprint density at radius 3 is 2.12 bits per heavy atom. The van der Waals surface area contributed by atoms with Crippen molar-refractivity contribution in [1.29, 1.82) is 0 Å². The Balaban J connectivity index is 2.57. The van der Waals surface area contributed by atoms with Gasteiger partial charge in [0.25, 0.3) is 0 Å². The van der Waals surface area contributed by atoms with Gasteiger partial charge in [0, 0.05) is 0 Å². The van der Waals surface area contributed by atoms with E-state index in [2.05, 4.69) is 9.26 Å². The highest BCUT2D eigenvalue weighted by Crippen LogP contribution is 2.36. The summed E-state index contributed by atoms with van der Waals surface area (Å²) in [5.41, 5.74) is 0. The summed E-state index contributed by atoms with van der Waals surface area (Å²) in [6, 6.07) is 0. The van der Waals surface area contributed by atoms with Gasteiger partial charge < -0.3 is 34.9 Å². The van der Waals surface area contributed by atoms with Crippen LogP contribution in [0.1, 0.15) is 0 Å². The standard InChI is InChI=1S/C6H13O9P/c7-3-2(1-14-16(11,12)13)15-6(10)5(9)4(3)8/h2-10H,1H2,(H2,11,12,13)/t2-,3+,4-,5-,6-/m1/s1. The fourth-order valence-electron chi connectivity index (χ4n) is 1.24. The van der Waals surface area contributed by atoms with Crippen LogP contribution in [-0.2, 0) is 13.8 Å². The summed E-state index contributed by atoms with van der Waals surface area (Å²) >= 11 is 0. The molecule has 1 aliphatic rings. The molecule has 1 saturated heterocycles. The Morgan fingerprint density at radius 1 is 1.06 bits per heavy atom. The fraction of sp³-hybridized carbons (Fsp3) is 1.00. The lowest BCUT2D eigenvalue weighted by atomic mass is 10.00. The quantitative estimate of drug-likeness (QED) is 0.289. The molecule has 0 aromatic rings. The zero-order chi connectivity index (χ0) is 12.5. The molecule has 1 fully saturated rings. The summed E-state index contributed by atoms with van der Waals surface area (Å²) in [6.07, 6.45) is -8.11. The lowest BCUT2D eigenvalue weighted by Crippen LogP contribution is -2.58. The molecule has 10 heteroatoms. The van der Waals surface area contributed by atoms with Gasteiger partial charge in [0.05, 0.1) is 6.61 Å². The molecule has 0 spiro atoms. The van der Waals surface area contributed by atoms with Crippen molar-refractivity contribution in [3.63, 3.8) is 0 Å². The highest BCUT2D eigenvalue weighted by atomic mass is 31.2. The largest absolute Gasteiger partial charge is 0.469 e. The van der Waals surface area contributed by atoms with Crippen molar-refractivity contribution in [2.75, 3.05) is 6.61 Å². The van der Waals surface area contributed by atoms with Gasteiger partial charge in [-0.15, -0.1) is 0 Å². The van der Waals surface area contributed by atoms with E-state index in [-0.39, 0.29) is 0 Å². The number of hydrogen-bond acceptors (Lipinski definition) is 7. The van der Waals surface area contributed by atoms with E-state index in [1.54, 1.807) is 0 Å². The zero-order valence-electron chi connectivity index (χ0n) is 7.95. The van der Waals surface area contributed by atoms with Gasteiger partial charge in [0.15, 0.2) is 6.29 Å².